The molecule has 0 bridgehead atoms. The molecule has 2 amide bonds. The minimum atomic E-state index is -0.269. The van der Waals surface area contributed by atoms with E-state index in [1.165, 1.54) is 0 Å². The number of benzene rings is 2. The quantitative estimate of drug-likeness (QED) is 0.882. The summed E-state index contributed by atoms with van der Waals surface area (Å²) in [7, 11) is 0. The Morgan fingerprint density at radius 2 is 1.68 bits per heavy atom. The normalized spacial score (nSPS) is 15.0. The molecule has 4 nitrogen and oxygen atoms in total. The van der Waals surface area contributed by atoms with Crippen LogP contribution in [-0.4, -0.2) is 29.8 Å². The predicted octanol–water partition coefficient (Wildman–Crippen LogP) is 4.46. The van der Waals surface area contributed by atoms with Crippen LogP contribution in [-0.2, 0) is 0 Å². The molecule has 1 aliphatic rings. The van der Waals surface area contributed by atoms with Gasteiger partial charge in [0.25, 0.3) is 11.8 Å². The molecule has 1 N–H and O–H groups in total. The number of amides is 2. The van der Waals surface area contributed by atoms with Crippen molar-refractivity contribution < 1.29 is 9.59 Å². The van der Waals surface area contributed by atoms with Gasteiger partial charge in [0.2, 0.25) is 0 Å². The molecule has 1 heterocycles. The standard InChI is InChI=1S/C20H21ClN2O2/c1-14-10-12-23(13-11-14)20(25)15-6-8-16(9-7-15)22-19(24)17-4-2-3-5-18(17)21/h2-9,14H,10-13H2,1H3,(H,22,24). The fraction of sp³-hybridized carbons (Fsp3) is 0.300. The van der Waals surface area contributed by atoms with E-state index in [-0.39, 0.29) is 11.8 Å². The highest BCUT2D eigenvalue weighted by atomic mass is 35.5. The molecule has 3 rings (SSSR count). The first kappa shape index (κ1) is 17.5. The van der Waals surface area contributed by atoms with E-state index in [0.29, 0.717) is 27.8 Å². The topological polar surface area (TPSA) is 49.4 Å². The summed E-state index contributed by atoms with van der Waals surface area (Å²) in [5.74, 6) is 0.469. The fourth-order valence-electron chi connectivity index (χ4n) is 2.93. The van der Waals surface area contributed by atoms with Crippen LogP contribution in [0, 0.1) is 5.92 Å². The Labute approximate surface area is 152 Å². The molecule has 25 heavy (non-hydrogen) atoms. The maximum Gasteiger partial charge on any atom is 0.257 e. The fourth-order valence-corrected chi connectivity index (χ4v) is 3.16. The van der Waals surface area contributed by atoms with Gasteiger partial charge in [-0.1, -0.05) is 30.7 Å². The lowest BCUT2D eigenvalue weighted by molar-refractivity contribution is 0.0697. The van der Waals surface area contributed by atoms with Crippen molar-refractivity contribution in [3.05, 3.63) is 64.7 Å². The predicted molar refractivity (Wildman–Crippen MR) is 100 cm³/mol. The van der Waals surface area contributed by atoms with Crippen LogP contribution >= 0.6 is 11.6 Å². The number of hydrogen-bond donors (Lipinski definition) is 1. The molecule has 1 fully saturated rings. The van der Waals surface area contributed by atoms with Crippen molar-refractivity contribution in [1.29, 1.82) is 0 Å². The van der Waals surface area contributed by atoms with E-state index in [0.717, 1.165) is 25.9 Å². The summed E-state index contributed by atoms with van der Waals surface area (Å²) in [5.41, 5.74) is 1.70. The van der Waals surface area contributed by atoms with Crippen LogP contribution in [0.5, 0.6) is 0 Å². The van der Waals surface area contributed by atoms with E-state index in [4.69, 9.17) is 11.6 Å². The van der Waals surface area contributed by atoms with E-state index in [2.05, 4.69) is 12.2 Å². The minimum Gasteiger partial charge on any atom is -0.339 e. The first-order valence-electron chi connectivity index (χ1n) is 8.50. The summed E-state index contributed by atoms with van der Waals surface area (Å²) in [6.45, 7) is 3.84. The van der Waals surface area contributed by atoms with Crippen molar-refractivity contribution in [2.24, 2.45) is 5.92 Å². The van der Waals surface area contributed by atoms with Gasteiger partial charge in [-0.15, -0.1) is 0 Å². The summed E-state index contributed by atoms with van der Waals surface area (Å²) >= 11 is 6.04. The zero-order valence-corrected chi connectivity index (χ0v) is 14.9. The van der Waals surface area contributed by atoms with Crippen LogP contribution in [0.1, 0.15) is 40.5 Å². The van der Waals surface area contributed by atoms with E-state index in [1.807, 2.05) is 4.90 Å². The third-order valence-electron chi connectivity index (χ3n) is 4.58. The second kappa shape index (κ2) is 7.70. The lowest BCUT2D eigenvalue weighted by Crippen LogP contribution is -2.37. The number of rotatable bonds is 3. The van der Waals surface area contributed by atoms with Gasteiger partial charge in [0, 0.05) is 24.3 Å². The van der Waals surface area contributed by atoms with E-state index < -0.39 is 0 Å². The molecule has 0 aromatic heterocycles. The number of piperidine rings is 1. The van der Waals surface area contributed by atoms with Crippen LogP contribution in [0.4, 0.5) is 5.69 Å². The number of likely N-dealkylation sites (tertiary alicyclic amines) is 1. The summed E-state index contributed by atoms with van der Waals surface area (Å²) in [6, 6.07) is 13.9. The lowest BCUT2D eigenvalue weighted by Gasteiger charge is -2.30. The second-order valence-electron chi connectivity index (χ2n) is 6.49. The Morgan fingerprint density at radius 1 is 1.04 bits per heavy atom. The van der Waals surface area contributed by atoms with E-state index in [1.54, 1.807) is 48.5 Å². The highest BCUT2D eigenvalue weighted by molar-refractivity contribution is 6.34. The lowest BCUT2D eigenvalue weighted by atomic mass is 9.98. The maximum absolute atomic E-state index is 12.5. The van der Waals surface area contributed by atoms with Gasteiger partial charge in [0.1, 0.15) is 0 Å². The minimum absolute atomic E-state index is 0.0517. The Kier molecular flexibility index (Phi) is 5.39. The molecular weight excluding hydrogens is 336 g/mol. The van der Waals surface area contributed by atoms with Crippen LogP contribution in [0.2, 0.25) is 5.02 Å². The molecule has 0 radical (unpaired) electrons. The van der Waals surface area contributed by atoms with Gasteiger partial charge in [-0.05, 0) is 55.2 Å². The number of halogens is 1. The van der Waals surface area contributed by atoms with Gasteiger partial charge < -0.3 is 10.2 Å². The van der Waals surface area contributed by atoms with Crippen LogP contribution in [0.25, 0.3) is 0 Å². The summed E-state index contributed by atoms with van der Waals surface area (Å²) in [6.07, 6.45) is 2.11. The van der Waals surface area contributed by atoms with Gasteiger partial charge in [-0.2, -0.15) is 0 Å². The number of anilines is 1. The summed E-state index contributed by atoms with van der Waals surface area (Å²) in [5, 5.41) is 3.21. The molecule has 5 heteroatoms. The Hall–Kier alpha value is -2.33. The van der Waals surface area contributed by atoms with Gasteiger partial charge in [0.15, 0.2) is 0 Å². The van der Waals surface area contributed by atoms with Crippen LogP contribution in [0.15, 0.2) is 48.5 Å². The monoisotopic (exact) mass is 356 g/mol. The molecular formula is C20H21ClN2O2. The molecule has 130 valence electrons. The number of nitrogens with one attached hydrogen (secondary N) is 1. The summed E-state index contributed by atoms with van der Waals surface area (Å²) < 4.78 is 0. The van der Waals surface area contributed by atoms with Crippen LogP contribution in [0.3, 0.4) is 0 Å². The molecule has 2 aromatic carbocycles. The summed E-state index contributed by atoms with van der Waals surface area (Å²) in [4.78, 5) is 26.7. The van der Waals surface area contributed by atoms with Crippen molar-refractivity contribution in [1.82, 2.24) is 4.90 Å². The highest BCUT2D eigenvalue weighted by Gasteiger charge is 2.21. The molecule has 1 aliphatic heterocycles. The number of carbonyl (C=O) groups excluding carboxylic acids is 2. The first-order valence-corrected chi connectivity index (χ1v) is 8.87. The molecule has 0 saturated carbocycles. The third kappa shape index (κ3) is 4.20. The zero-order chi connectivity index (χ0) is 17.8. The maximum atomic E-state index is 12.5. The number of hydrogen-bond acceptors (Lipinski definition) is 2. The van der Waals surface area contributed by atoms with Gasteiger partial charge in [-0.25, -0.2) is 0 Å². The molecule has 1 saturated heterocycles. The Bertz CT molecular complexity index is 766. The van der Waals surface area contributed by atoms with Crippen molar-refractivity contribution in [3.63, 3.8) is 0 Å². The molecule has 0 atom stereocenters. The zero-order valence-electron chi connectivity index (χ0n) is 14.2. The highest BCUT2D eigenvalue weighted by Crippen LogP contribution is 2.20. The number of nitrogens with zero attached hydrogens (tertiary/aromatic N) is 1. The van der Waals surface area contributed by atoms with Crippen LogP contribution < -0.4 is 5.32 Å². The second-order valence-corrected chi connectivity index (χ2v) is 6.89. The van der Waals surface area contributed by atoms with Crippen molar-refractivity contribution >= 4 is 29.1 Å². The smallest absolute Gasteiger partial charge is 0.257 e. The largest absolute Gasteiger partial charge is 0.339 e. The molecule has 0 aliphatic carbocycles. The van der Waals surface area contributed by atoms with E-state index >= 15 is 0 Å². The van der Waals surface area contributed by atoms with Crippen molar-refractivity contribution in [2.75, 3.05) is 18.4 Å². The number of carbonyl (C=O) groups is 2. The molecule has 0 unspecified atom stereocenters. The molecule has 2 aromatic rings. The SMILES string of the molecule is CC1CCN(C(=O)c2ccc(NC(=O)c3ccccc3Cl)cc2)CC1. The third-order valence-corrected chi connectivity index (χ3v) is 4.91. The van der Waals surface area contributed by atoms with Crippen molar-refractivity contribution in [3.8, 4) is 0 Å². The average Bonchev–Trinajstić information content (AvgIpc) is 2.63. The Balaban J connectivity index is 1.65. The van der Waals surface area contributed by atoms with E-state index in [9.17, 15) is 9.59 Å². The molecule has 0 spiro atoms. The Morgan fingerprint density at radius 3 is 2.32 bits per heavy atom. The van der Waals surface area contributed by atoms with Gasteiger partial charge in [0.05, 0.1) is 10.6 Å². The van der Waals surface area contributed by atoms with Gasteiger partial charge >= 0.3 is 0 Å². The van der Waals surface area contributed by atoms with Crippen molar-refractivity contribution in [2.45, 2.75) is 19.8 Å². The first-order chi connectivity index (χ1) is 12.0. The average molecular weight is 357 g/mol. The van der Waals surface area contributed by atoms with Gasteiger partial charge in [-0.3, -0.25) is 9.59 Å².